The Hall–Kier alpha value is -1.70. The SMILES string of the molecule is CCOc1ccc2c(ccn2CC=C(C)C)c1. The molecular formula is C15H19NO. The molecule has 0 amide bonds. The van der Waals surface area contributed by atoms with Crippen LogP contribution in [-0.4, -0.2) is 11.2 Å². The number of allylic oxidation sites excluding steroid dienone is 2. The number of hydrogen-bond acceptors (Lipinski definition) is 1. The predicted octanol–water partition coefficient (Wildman–Crippen LogP) is 4.01. The average molecular weight is 229 g/mol. The normalized spacial score (nSPS) is 10.5. The van der Waals surface area contributed by atoms with Crippen LogP contribution in [0.1, 0.15) is 20.8 Å². The van der Waals surface area contributed by atoms with Gasteiger partial charge in [0.2, 0.25) is 0 Å². The van der Waals surface area contributed by atoms with Crippen molar-refractivity contribution in [1.29, 1.82) is 0 Å². The zero-order valence-electron chi connectivity index (χ0n) is 10.7. The summed E-state index contributed by atoms with van der Waals surface area (Å²) in [6.45, 7) is 7.89. The number of ether oxygens (including phenoxy) is 1. The Balaban J connectivity index is 2.31. The van der Waals surface area contributed by atoms with Crippen molar-refractivity contribution in [2.75, 3.05) is 6.61 Å². The lowest BCUT2D eigenvalue weighted by molar-refractivity contribution is 0.340. The maximum Gasteiger partial charge on any atom is 0.120 e. The summed E-state index contributed by atoms with van der Waals surface area (Å²) in [6, 6.07) is 8.39. The van der Waals surface area contributed by atoms with E-state index >= 15 is 0 Å². The number of fused-ring (bicyclic) bond motifs is 1. The van der Waals surface area contributed by atoms with E-state index in [1.165, 1.54) is 16.5 Å². The van der Waals surface area contributed by atoms with Gasteiger partial charge in [0.1, 0.15) is 5.75 Å². The molecule has 0 aliphatic heterocycles. The van der Waals surface area contributed by atoms with Crippen LogP contribution in [0.15, 0.2) is 42.1 Å². The molecule has 0 saturated carbocycles. The van der Waals surface area contributed by atoms with Gasteiger partial charge in [-0.25, -0.2) is 0 Å². The van der Waals surface area contributed by atoms with Crippen molar-refractivity contribution in [2.45, 2.75) is 27.3 Å². The van der Waals surface area contributed by atoms with Crippen LogP contribution in [0.3, 0.4) is 0 Å². The first-order chi connectivity index (χ1) is 8.20. The fourth-order valence-electron chi connectivity index (χ4n) is 1.87. The maximum atomic E-state index is 5.50. The van der Waals surface area contributed by atoms with Crippen molar-refractivity contribution in [3.8, 4) is 5.75 Å². The van der Waals surface area contributed by atoms with Gasteiger partial charge in [0, 0.05) is 23.6 Å². The lowest BCUT2D eigenvalue weighted by Gasteiger charge is -2.05. The number of nitrogens with zero attached hydrogens (tertiary/aromatic N) is 1. The molecule has 0 fully saturated rings. The summed E-state index contributed by atoms with van der Waals surface area (Å²) in [5.41, 5.74) is 2.60. The Morgan fingerprint density at radius 2 is 2.12 bits per heavy atom. The quantitative estimate of drug-likeness (QED) is 0.723. The molecule has 2 heteroatoms. The van der Waals surface area contributed by atoms with Crippen LogP contribution in [0.2, 0.25) is 0 Å². The van der Waals surface area contributed by atoms with Crippen LogP contribution in [-0.2, 0) is 6.54 Å². The van der Waals surface area contributed by atoms with E-state index in [4.69, 9.17) is 4.74 Å². The molecule has 1 heterocycles. The maximum absolute atomic E-state index is 5.50. The summed E-state index contributed by atoms with van der Waals surface area (Å²) >= 11 is 0. The van der Waals surface area contributed by atoms with Gasteiger partial charge in [-0.05, 0) is 45.0 Å². The molecule has 90 valence electrons. The van der Waals surface area contributed by atoms with Gasteiger partial charge in [-0.1, -0.05) is 11.6 Å². The van der Waals surface area contributed by atoms with Crippen LogP contribution < -0.4 is 4.74 Å². The van der Waals surface area contributed by atoms with Crippen molar-refractivity contribution >= 4 is 10.9 Å². The van der Waals surface area contributed by atoms with Crippen LogP contribution in [0.5, 0.6) is 5.75 Å². The molecule has 0 N–H and O–H groups in total. The second-order valence-corrected chi connectivity index (χ2v) is 4.40. The van der Waals surface area contributed by atoms with E-state index in [0.29, 0.717) is 6.61 Å². The third-order valence-corrected chi connectivity index (χ3v) is 2.75. The molecule has 1 aromatic carbocycles. The van der Waals surface area contributed by atoms with Gasteiger partial charge >= 0.3 is 0 Å². The Bertz CT molecular complexity index is 533. The lowest BCUT2D eigenvalue weighted by Crippen LogP contribution is -1.94. The monoisotopic (exact) mass is 229 g/mol. The van der Waals surface area contributed by atoms with Gasteiger partial charge in [-0.15, -0.1) is 0 Å². The van der Waals surface area contributed by atoms with Crippen molar-refractivity contribution < 1.29 is 4.74 Å². The van der Waals surface area contributed by atoms with Gasteiger partial charge in [-0.2, -0.15) is 0 Å². The summed E-state index contributed by atoms with van der Waals surface area (Å²) in [5.74, 6) is 0.944. The number of rotatable bonds is 4. The van der Waals surface area contributed by atoms with Crippen molar-refractivity contribution in [3.63, 3.8) is 0 Å². The summed E-state index contributed by atoms with van der Waals surface area (Å²) in [4.78, 5) is 0. The van der Waals surface area contributed by atoms with E-state index in [2.05, 4.69) is 48.9 Å². The van der Waals surface area contributed by atoms with Crippen LogP contribution in [0.4, 0.5) is 0 Å². The second kappa shape index (κ2) is 5.09. The molecule has 0 unspecified atom stereocenters. The fourth-order valence-corrected chi connectivity index (χ4v) is 1.87. The summed E-state index contributed by atoms with van der Waals surface area (Å²) in [6.07, 6.45) is 4.36. The van der Waals surface area contributed by atoms with Crippen molar-refractivity contribution in [3.05, 3.63) is 42.1 Å². The molecule has 2 aromatic rings. The van der Waals surface area contributed by atoms with Crippen LogP contribution in [0, 0.1) is 0 Å². The van der Waals surface area contributed by atoms with Gasteiger partial charge in [0.15, 0.2) is 0 Å². The standard InChI is InChI=1S/C15H19NO/c1-4-17-14-5-6-15-13(11-14)8-10-16(15)9-7-12(2)3/h5-8,10-11H,4,9H2,1-3H3. The smallest absolute Gasteiger partial charge is 0.120 e. The fraction of sp³-hybridized carbons (Fsp3) is 0.333. The minimum Gasteiger partial charge on any atom is -0.494 e. The van der Waals surface area contributed by atoms with E-state index in [9.17, 15) is 0 Å². The molecule has 0 radical (unpaired) electrons. The van der Waals surface area contributed by atoms with Crippen molar-refractivity contribution in [2.24, 2.45) is 0 Å². The highest BCUT2D eigenvalue weighted by Crippen LogP contribution is 2.22. The third-order valence-electron chi connectivity index (χ3n) is 2.75. The van der Waals surface area contributed by atoms with Crippen LogP contribution >= 0.6 is 0 Å². The van der Waals surface area contributed by atoms with Crippen LogP contribution in [0.25, 0.3) is 10.9 Å². The first kappa shape index (κ1) is 11.8. The zero-order valence-corrected chi connectivity index (χ0v) is 10.7. The number of aromatic nitrogens is 1. The lowest BCUT2D eigenvalue weighted by atomic mass is 10.2. The summed E-state index contributed by atoms with van der Waals surface area (Å²) in [7, 11) is 0. The minimum absolute atomic E-state index is 0.712. The van der Waals surface area contributed by atoms with Gasteiger partial charge < -0.3 is 9.30 Å². The highest BCUT2D eigenvalue weighted by atomic mass is 16.5. The molecule has 2 rings (SSSR count). The molecule has 1 aromatic heterocycles. The molecule has 17 heavy (non-hydrogen) atoms. The highest BCUT2D eigenvalue weighted by Gasteiger charge is 2.01. The first-order valence-electron chi connectivity index (χ1n) is 6.05. The van der Waals surface area contributed by atoms with Gasteiger partial charge in [-0.3, -0.25) is 0 Å². The third kappa shape index (κ3) is 2.70. The Labute approximate surface area is 103 Å². The summed E-state index contributed by atoms with van der Waals surface area (Å²) < 4.78 is 7.75. The molecule has 0 atom stereocenters. The van der Waals surface area contributed by atoms with E-state index < -0.39 is 0 Å². The number of benzene rings is 1. The topological polar surface area (TPSA) is 14.2 Å². The Morgan fingerprint density at radius 3 is 2.82 bits per heavy atom. The average Bonchev–Trinajstić information content (AvgIpc) is 2.69. The molecule has 0 aliphatic carbocycles. The molecule has 2 nitrogen and oxygen atoms in total. The predicted molar refractivity (Wildman–Crippen MR) is 72.5 cm³/mol. The number of hydrogen-bond donors (Lipinski definition) is 0. The Morgan fingerprint density at radius 1 is 1.29 bits per heavy atom. The van der Waals surface area contributed by atoms with E-state index in [1.54, 1.807) is 0 Å². The van der Waals surface area contributed by atoms with E-state index in [1.807, 2.05) is 13.0 Å². The van der Waals surface area contributed by atoms with E-state index in [-0.39, 0.29) is 0 Å². The molecule has 0 aliphatic rings. The summed E-state index contributed by atoms with van der Waals surface area (Å²) in [5, 5.41) is 1.23. The first-order valence-corrected chi connectivity index (χ1v) is 6.05. The highest BCUT2D eigenvalue weighted by molar-refractivity contribution is 5.81. The van der Waals surface area contributed by atoms with Crippen molar-refractivity contribution in [1.82, 2.24) is 4.57 Å². The second-order valence-electron chi connectivity index (χ2n) is 4.40. The Kier molecular flexibility index (Phi) is 3.52. The molecular weight excluding hydrogens is 210 g/mol. The largest absolute Gasteiger partial charge is 0.494 e. The minimum atomic E-state index is 0.712. The van der Waals surface area contributed by atoms with E-state index in [0.717, 1.165) is 12.3 Å². The molecule has 0 saturated heterocycles. The van der Waals surface area contributed by atoms with Gasteiger partial charge in [0.25, 0.3) is 0 Å². The molecule has 0 spiro atoms. The van der Waals surface area contributed by atoms with Gasteiger partial charge in [0.05, 0.1) is 6.61 Å². The zero-order chi connectivity index (χ0) is 12.3. The molecule has 0 bridgehead atoms.